The van der Waals surface area contributed by atoms with Crippen LogP contribution in [0.5, 0.6) is 0 Å². The number of hydrogen-bond acceptors (Lipinski definition) is 6. The molecule has 2 saturated heterocycles. The summed E-state index contributed by atoms with van der Waals surface area (Å²) in [7, 11) is 1.25. The molecule has 104 valence electrons. The fourth-order valence-corrected chi connectivity index (χ4v) is 2.83. The van der Waals surface area contributed by atoms with Gasteiger partial charge in [-0.05, 0) is 12.8 Å². The number of urea groups is 1. The van der Waals surface area contributed by atoms with Crippen molar-refractivity contribution in [2.24, 2.45) is 5.10 Å². The zero-order valence-corrected chi connectivity index (χ0v) is 10.7. The maximum absolute atomic E-state index is 12.4. The summed E-state index contributed by atoms with van der Waals surface area (Å²) < 4.78 is 9.80. The van der Waals surface area contributed by atoms with Gasteiger partial charge in [0.25, 0.3) is 0 Å². The summed E-state index contributed by atoms with van der Waals surface area (Å²) in [5, 5.41) is 4.09. The molecule has 3 aliphatic heterocycles. The highest BCUT2D eigenvalue weighted by Gasteiger charge is 2.52. The van der Waals surface area contributed by atoms with E-state index in [1.54, 1.807) is 4.90 Å². The minimum atomic E-state index is -0.775. The van der Waals surface area contributed by atoms with E-state index in [1.807, 2.05) is 0 Å². The second kappa shape index (κ2) is 4.60. The number of carbonyl (C=O) groups excluding carboxylic acids is 2. The Bertz CT molecular complexity index is 438. The number of amidine groups is 1. The summed E-state index contributed by atoms with van der Waals surface area (Å²) in [6, 6.07) is -0.242. The van der Waals surface area contributed by atoms with Crippen LogP contribution in [0, 0.1) is 0 Å². The molecule has 0 aromatic carbocycles. The lowest BCUT2D eigenvalue weighted by Gasteiger charge is -2.24. The van der Waals surface area contributed by atoms with Gasteiger partial charge in [0.1, 0.15) is 5.84 Å². The molecule has 2 unspecified atom stereocenters. The molecule has 0 aromatic heterocycles. The van der Waals surface area contributed by atoms with E-state index in [4.69, 9.17) is 4.74 Å². The van der Waals surface area contributed by atoms with Gasteiger partial charge in [-0.3, -0.25) is 0 Å². The van der Waals surface area contributed by atoms with Crippen LogP contribution in [0.1, 0.15) is 19.3 Å². The van der Waals surface area contributed by atoms with Gasteiger partial charge in [-0.25, -0.2) is 14.5 Å². The molecular weight excluding hydrogens is 252 g/mol. The topological polar surface area (TPSA) is 83.5 Å². The average Bonchev–Trinajstić information content (AvgIpc) is 3.10. The predicted molar refractivity (Wildman–Crippen MR) is 64.3 cm³/mol. The monoisotopic (exact) mass is 268 g/mol. The molecule has 1 N–H and O–H groups in total. The number of nitrogens with one attached hydrogen (secondary N) is 1. The molecule has 8 nitrogen and oxygen atoms in total. The van der Waals surface area contributed by atoms with Gasteiger partial charge >= 0.3 is 12.2 Å². The number of rotatable bonds is 1. The molecule has 0 bridgehead atoms. The van der Waals surface area contributed by atoms with Crippen LogP contribution in [-0.4, -0.2) is 60.3 Å². The van der Waals surface area contributed by atoms with Crippen molar-refractivity contribution in [3.63, 3.8) is 0 Å². The van der Waals surface area contributed by atoms with Crippen molar-refractivity contribution in [1.29, 1.82) is 0 Å². The van der Waals surface area contributed by atoms with Crippen LogP contribution in [0.15, 0.2) is 5.10 Å². The van der Waals surface area contributed by atoms with Gasteiger partial charge in [0.15, 0.2) is 0 Å². The van der Waals surface area contributed by atoms with Gasteiger partial charge in [-0.1, -0.05) is 0 Å². The zero-order chi connectivity index (χ0) is 13.4. The van der Waals surface area contributed by atoms with Crippen molar-refractivity contribution in [2.75, 3.05) is 20.2 Å². The molecule has 0 aliphatic carbocycles. The molecule has 0 spiro atoms. The van der Waals surface area contributed by atoms with Gasteiger partial charge in [0, 0.05) is 19.5 Å². The quantitative estimate of drug-likeness (QED) is 0.692. The lowest BCUT2D eigenvalue weighted by molar-refractivity contribution is -0.00518. The Morgan fingerprint density at radius 1 is 1.53 bits per heavy atom. The molecule has 2 fully saturated rings. The molecule has 3 heterocycles. The van der Waals surface area contributed by atoms with Crippen LogP contribution in [0.2, 0.25) is 0 Å². The fourth-order valence-electron chi connectivity index (χ4n) is 2.83. The number of hydrazone groups is 1. The standard InChI is InChI=1S/C11H16N4O4/c1-18-11(17)19-9-7-3-2-6-14(7)10(16)15(9)8-4-5-12-13-8/h7,9,12H,2-6H2,1H3. The summed E-state index contributed by atoms with van der Waals surface area (Å²) in [6.07, 6.45) is 0.984. The van der Waals surface area contributed by atoms with E-state index < -0.39 is 12.4 Å². The normalized spacial score (nSPS) is 29.1. The Kier molecular flexibility index (Phi) is 2.92. The molecule has 2 amide bonds. The van der Waals surface area contributed by atoms with Gasteiger partial charge in [0.05, 0.1) is 13.2 Å². The van der Waals surface area contributed by atoms with E-state index in [0.29, 0.717) is 25.3 Å². The molecule has 0 saturated carbocycles. The number of carbonyl (C=O) groups is 2. The Balaban J connectivity index is 1.86. The number of ether oxygens (including phenoxy) is 2. The van der Waals surface area contributed by atoms with Crippen molar-refractivity contribution in [2.45, 2.75) is 31.5 Å². The number of fused-ring (bicyclic) bond motifs is 1. The molecule has 3 rings (SSSR count). The van der Waals surface area contributed by atoms with Crippen molar-refractivity contribution in [3.8, 4) is 0 Å². The Labute approximate surface area is 110 Å². The molecular formula is C11H16N4O4. The minimum absolute atomic E-state index is 0.102. The third-order valence-corrected chi connectivity index (χ3v) is 3.66. The predicted octanol–water partition coefficient (Wildman–Crippen LogP) is 0.302. The van der Waals surface area contributed by atoms with Crippen LogP contribution in [0.3, 0.4) is 0 Å². The van der Waals surface area contributed by atoms with E-state index >= 15 is 0 Å². The number of hydrogen-bond donors (Lipinski definition) is 1. The second-order valence-corrected chi connectivity index (χ2v) is 4.70. The molecule has 8 heteroatoms. The summed E-state index contributed by atoms with van der Waals surface area (Å²) in [5.74, 6) is 0.619. The highest BCUT2D eigenvalue weighted by Crippen LogP contribution is 2.33. The van der Waals surface area contributed by atoms with E-state index in [1.165, 1.54) is 12.0 Å². The average molecular weight is 268 g/mol. The molecule has 19 heavy (non-hydrogen) atoms. The Hall–Kier alpha value is -1.99. The van der Waals surface area contributed by atoms with E-state index in [-0.39, 0.29) is 12.1 Å². The van der Waals surface area contributed by atoms with Crippen LogP contribution in [0.25, 0.3) is 0 Å². The lowest BCUT2D eigenvalue weighted by atomic mass is 10.2. The highest BCUT2D eigenvalue weighted by atomic mass is 16.7. The largest absolute Gasteiger partial charge is 0.510 e. The van der Waals surface area contributed by atoms with Crippen molar-refractivity contribution < 1.29 is 19.1 Å². The van der Waals surface area contributed by atoms with E-state index in [9.17, 15) is 9.59 Å². The summed E-state index contributed by atoms with van der Waals surface area (Å²) in [5.41, 5.74) is 2.83. The van der Waals surface area contributed by atoms with Gasteiger partial charge in [-0.2, -0.15) is 5.10 Å². The molecule has 0 aromatic rings. The first-order valence-electron chi connectivity index (χ1n) is 6.36. The Morgan fingerprint density at radius 3 is 3.05 bits per heavy atom. The SMILES string of the molecule is COC(=O)OC1C2CCCN2C(=O)N1C1=NNCC1. The fraction of sp³-hybridized carbons (Fsp3) is 0.727. The highest BCUT2D eigenvalue weighted by molar-refractivity contribution is 6.00. The van der Waals surface area contributed by atoms with Gasteiger partial charge in [0.2, 0.25) is 6.23 Å². The third-order valence-electron chi connectivity index (χ3n) is 3.66. The number of amides is 2. The first-order chi connectivity index (χ1) is 9.22. The van der Waals surface area contributed by atoms with Crippen LogP contribution < -0.4 is 5.43 Å². The number of nitrogens with zero attached hydrogens (tertiary/aromatic N) is 3. The molecule has 2 atom stereocenters. The van der Waals surface area contributed by atoms with Crippen LogP contribution >= 0.6 is 0 Å². The lowest BCUT2D eigenvalue weighted by Crippen LogP contribution is -2.43. The van der Waals surface area contributed by atoms with Crippen molar-refractivity contribution >= 4 is 18.0 Å². The van der Waals surface area contributed by atoms with Gasteiger partial charge < -0.3 is 19.8 Å². The number of methoxy groups -OCH3 is 1. The zero-order valence-electron chi connectivity index (χ0n) is 10.7. The molecule has 3 aliphatic rings. The van der Waals surface area contributed by atoms with Crippen molar-refractivity contribution in [3.05, 3.63) is 0 Å². The summed E-state index contributed by atoms with van der Waals surface area (Å²) >= 11 is 0. The summed E-state index contributed by atoms with van der Waals surface area (Å²) in [4.78, 5) is 26.9. The van der Waals surface area contributed by atoms with Crippen LogP contribution in [0.4, 0.5) is 9.59 Å². The summed E-state index contributed by atoms with van der Waals surface area (Å²) in [6.45, 7) is 1.39. The van der Waals surface area contributed by atoms with E-state index in [0.717, 1.165) is 12.8 Å². The van der Waals surface area contributed by atoms with E-state index in [2.05, 4.69) is 15.3 Å². The smallest absolute Gasteiger partial charge is 0.438 e. The third kappa shape index (κ3) is 1.87. The maximum atomic E-state index is 12.4. The van der Waals surface area contributed by atoms with Gasteiger partial charge in [-0.15, -0.1) is 0 Å². The first kappa shape index (κ1) is 12.1. The second-order valence-electron chi connectivity index (χ2n) is 4.70. The van der Waals surface area contributed by atoms with Crippen molar-refractivity contribution in [1.82, 2.24) is 15.2 Å². The first-order valence-corrected chi connectivity index (χ1v) is 6.36. The molecule has 0 radical (unpaired) electrons. The van der Waals surface area contributed by atoms with Crippen LogP contribution in [-0.2, 0) is 9.47 Å². The minimum Gasteiger partial charge on any atom is -0.438 e. The maximum Gasteiger partial charge on any atom is 0.510 e. The Morgan fingerprint density at radius 2 is 2.37 bits per heavy atom.